The van der Waals surface area contributed by atoms with Crippen LogP contribution in [0.5, 0.6) is 0 Å². The van der Waals surface area contributed by atoms with Crippen molar-refractivity contribution in [1.29, 1.82) is 0 Å². The molecule has 3 rings (SSSR count). The summed E-state index contributed by atoms with van der Waals surface area (Å²) in [6.45, 7) is 7.90. The molecule has 0 aliphatic heterocycles. The van der Waals surface area contributed by atoms with Crippen molar-refractivity contribution < 1.29 is 9.21 Å². The van der Waals surface area contributed by atoms with E-state index in [1.807, 2.05) is 61.5 Å². The maximum absolute atomic E-state index is 12.3. The average Bonchev–Trinajstić information content (AvgIpc) is 3.11. The molecule has 0 radical (unpaired) electrons. The highest BCUT2D eigenvalue weighted by Crippen LogP contribution is 2.19. The summed E-state index contributed by atoms with van der Waals surface area (Å²) < 4.78 is 5.75. The fraction of sp³-hybridized carbons (Fsp3) is 0.238. The molecule has 0 aliphatic rings. The van der Waals surface area contributed by atoms with Crippen LogP contribution in [-0.4, -0.2) is 24.7 Å². The molecule has 2 aromatic carbocycles. The predicted molar refractivity (Wildman–Crippen MR) is 106 cm³/mol. The molecular formula is C21H23N3O2. The van der Waals surface area contributed by atoms with Crippen molar-refractivity contribution in [1.82, 2.24) is 5.43 Å². The summed E-state index contributed by atoms with van der Waals surface area (Å²) in [5, 5.41) is 5.18. The van der Waals surface area contributed by atoms with E-state index in [-0.39, 0.29) is 5.91 Å². The highest BCUT2D eigenvalue weighted by atomic mass is 16.3. The number of rotatable bonds is 6. The number of anilines is 1. The predicted octanol–water partition coefficient (Wildman–Crippen LogP) is 4.43. The van der Waals surface area contributed by atoms with E-state index < -0.39 is 0 Å². The lowest BCUT2D eigenvalue weighted by Gasteiger charge is -2.20. The Labute approximate surface area is 153 Å². The van der Waals surface area contributed by atoms with Crippen molar-refractivity contribution >= 4 is 28.3 Å². The molecule has 0 saturated heterocycles. The maximum Gasteiger partial charge on any atom is 0.271 e. The number of para-hydroxylation sites is 1. The Bertz CT molecular complexity index is 889. The van der Waals surface area contributed by atoms with Crippen LogP contribution in [0.2, 0.25) is 0 Å². The zero-order valence-electron chi connectivity index (χ0n) is 15.3. The fourth-order valence-electron chi connectivity index (χ4n) is 2.83. The van der Waals surface area contributed by atoms with Crippen LogP contribution in [0, 0.1) is 0 Å². The Balaban J connectivity index is 1.70. The van der Waals surface area contributed by atoms with Crippen LogP contribution in [0.3, 0.4) is 0 Å². The molecule has 0 unspecified atom stereocenters. The standard InChI is InChI=1S/C21H23N3O2/c1-4-24(5-2)18-12-10-16(11-13-18)21(25)23-22-15(3)20-14-17-8-6-7-9-19(17)26-20/h6-14H,4-5H2,1-3H3,(H,23,25)/b22-15-. The van der Waals surface area contributed by atoms with Gasteiger partial charge in [0.25, 0.3) is 5.91 Å². The number of carbonyl (C=O) groups excluding carboxylic acids is 1. The van der Waals surface area contributed by atoms with Gasteiger partial charge in [0.2, 0.25) is 0 Å². The summed E-state index contributed by atoms with van der Waals surface area (Å²) in [4.78, 5) is 14.5. The number of furan rings is 1. The van der Waals surface area contributed by atoms with Crippen LogP contribution in [0.1, 0.15) is 36.9 Å². The molecule has 0 saturated carbocycles. The minimum atomic E-state index is -0.244. The molecule has 1 amide bonds. The van der Waals surface area contributed by atoms with Gasteiger partial charge in [-0.3, -0.25) is 4.79 Å². The van der Waals surface area contributed by atoms with Gasteiger partial charge in [0.05, 0.1) is 0 Å². The molecule has 3 aromatic rings. The Hall–Kier alpha value is -3.08. The van der Waals surface area contributed by atoms with Gasteiger partial charge in [0.1, 0.15) is 11.3 Å². The van der Waals surface area contributed by atoms with E-state index in [4.69, 9.17) is 4.42 Å². The third-order valence-electron chi connectivity index (χ3n) is 4.37. The third-order valence-corrected chi connectivity index (χ3v) is 4.37. The summed E-state index contributed by atoms with van der Waals surface area (Å²) in [6, 6.07) is 17.2. The molecule has 1 heterocycles. The van der Waals surface area contributed by atoms with Crippen LogP contribution in [0.25, 0.3) is 11.0 Å². The number of fused-ring (bicyclic) bond motifs is 1. The van der Waals surface area contributed by atoms with E-state index in [1.165, 1.54) is 0 Å². The summed E-state index contributed by atoms with van der Waals surface area (Å²) in [7, 11) is 0. The summed E-state index contributed by atoms with van der Waals surface area (Å²) in [5.41, 5.74) is 5.69. The van der Waals surface area contributed by atoms with E-state index in [9.17, 15) is 4.79 Å². The van der Waals surface area contributed by atoms with Crippen molar-refractivity contribution in [3.05, 3.63) is 65.9 Å². The summed E-state index contributed by atoms with van der Waals surface area (Å²) in [6.07, 6.45) is 0. The molecule has 1 N–H and O–H groups in total. The SMILES string of the molecule is CCN(CC)c1ccc(C(=O)N/N=C(/C)c2cc3ccccc3o2)cc1. The average molecular weight is 349 g/mol. The third kappa shape index (κ3) is 3.77. The second-order valence-corrected chi connectivity index (χ2v) is 6.01. The quantitative estimate of drug-likeness (QED) is 0.529. The first-order valence-electron chi connectivity index (χ1n) is 8.81. The molecule has 0 spiro atoms. The molecule has 0 aliphatic carbocycles. The summed E-state index contributed by atoms with van der Waals surface area (Å²) in [5.74, 6) is 0.398. The monoisotopic (exact) mass is 349 g/mol. The molecule has 0 bridgehead atoms. The number of amides is 1. The van der Waals surface area contributed by atoms with Gasteiger partial charge in [-0.05, 0) is 57.2 Å². The smallest absolute Gasteiger partial charge is 0.271 e. The van der Waals surface area contributed by atoms with Gasteiger partial charge < -0.3 is 9.32 Å². The number of hydrazone groups is 1. The lowest BCUT2D eigenvalue weighted by atomic mass is 10.2. The lowest BCUT2D eigenvalue weighted by molar-refractivity contribution is 0.0955. The van der Waals surface area contributed by atoms with E-state index in [2.05, 4.69) is 29.3 Å². The number of hydrogen-bond donors (Lipinski definition) is 1. The van der Waals surface area contributed by atoms with Crippen molar-refractivity contribution in [3.8, 4) is 0 Å². The molecule has 1 aromatic heterocycles. The molecule has 5 heteroatoms. The number of nitrogens with zero attached hydrogens (tertiary/aromatic N) is 2. The fourth-order valence-corrected chi connectivity index (χ4v) is 2.83. The number of carbonyl (C=O) groups is 1. The largest absolute Gasteiger partial charge is 0.455 e. The molecular weight excluding hydrogens is 326 g/mol. The van der Waals surface area contributed by atoms with Crippen molar-refractivity contribution in [3.63, 3.8) is 0 Å². The van der Waals surface area contributed by atoms with Crippen molar-refractivity contribution in [2.24, 2.45) is 5.10 Å². The van der Waals surface area contributed by atoms with E-state index in [0.29, 0.717) is 17.0 Å². The first-order valence-corrected chi connectivity index (χ1v) is 8.81. The second-order valence-electron chi connectivity index (χ2n) is 6.01. The molecule has 0 atom stereocenters. The van der Waals surface area contributed by atoms with Crippen LogP contribution in [0.15, 0.2) is 64.1 Å². The van der Waals surface area contributed by atoms with Gasteiger partial charge in [-0.15, -0.1) is 0 Å². The Kier molecular flexibility index (Phi) is 5.37. The van der Waals surface area contributed by atoms with E-state index >= 15 is 0 Å². The number of nitrogens with one attached hydrogen (secondary N) is 1. The van der Waals surface area contributed by atoms with Gasteiger partial charge in [-0.2, -0.15) is 5.10 Å². The topological polar surface area (TPSA) is 57.8 Å². The van der Waals surface area contributed by atoms with Gasteiger partial charge in [0, 0.05) is 29.7 Å². The Morgan fingerprint density at radius 3 is 2.42 bits per heavy atom. The van der Waals surface area contributed by atoms with E-state index in [1.54, 1.807) is 0 Å². The maximum atomic E-state index is 12.3. The van der Waals surface area contributed by atoms with Crippen LogP contribution in [0.4, 0.5) is 5.69 Å². The molecule has 134 valence electrons. The first-order chi connectivity index (χ1) is 12.6. The number of benzene rings is 2. The first kappa shape index (κ1) is 17.7. The van der Waals surface area contributed by atoms with Gasteiger partial charge in [-0.1, -0.05) is 18.2 Å². The minimum Gasteiger partial charge on any atom is -0.455 e. The zero-order chi connectivity index (χ0) is 18.5. The minimum absolute atomic E-state index is 0.244. The van der Waals surface area contributed by atoms with Crippen LogP contribution >= 0.6 is 0 Å². The number of hydrogen-bond acceptors (Lipinski definition) is 4. The Morgan fingerprint density at radius 1 is 1.08 bits per heavy atom. The highest BCUT2D eigenvalue weighted by molar-refractivity contribution is 6.01. The van der Waals surface area contributed by atoms with Crippen LogP contribution in [-0.2, 0) is 0 Å². The van der Waals surface area contributed by atoms with Crippen molar-refractivity contribution in [2.75, 3.05) is 18.0 Å². The molecule has 26 heavy (non-hydrogen) atoms. The molecule has 0 fully saturated rings. The van der Waals surface area contributed by atoms with Crippen LogP contribution < -0.4 is 10.3 Å². The van der Waals surface area contributed by atoms with E-state index in [0.717, 1.165) is 29.7 Å². The normalized spacial score (nSPS) is 11.6. The van der Waals surface area contributed by atoms with Gasteiger partial charge >= 0.3 is 0 Å². The molecule has 5 nitrogen and oxygen atoms in total. The Morgan fingerprint density at radius 2 is 1.77 bits per heavy atom. The zero-order valence-corrected chi connectivity index (χ0v) is 15.3. The van der Waals surface area contributed by atoms with Gasteiger partial charge in [-0.25, -0.2) is 5.43 Å². The second kappa shape index (κ2) is 7.87. The highest BCUT2D eigenvalue weighted by Gasteiger charge is 2.09. The van der Waals surface area contributed by atoms with Gasteiger partial charge in [0.15, 0.2) is 5.76 Å². The summed E-state index contributed by atoms with van der Waals surface area (Å²) >= 11 is 0. The van der Waals surface area contributed by atoms with Crippen molar-refractivity contribution in [2.45, 2.75) is 20.8 Å². The lowest BCUT2D eigenvalue weighted by Crippen LogP contribution is -2.22.